The summed E-state index contributed by atoms with van der Waals surface area (Å²) in [5.41, 5.74) is 1.83. The summed E-state index contributed by atoms with van der Waals surface area (Å²) in [6.07, 6.45) is 10.3. The lowest BCUT2D eigenvalue weighted by molar-refractivity contribution is 0.203. The normalized spacial score (nSPS) is 23.4. The molecule has 1 aromatic rings. The van der Waals surface area contributed by atoms with Crippen LogP contribution in [0.1, 0.15) is 44.1 Å². The smallest absolute Gasteiger partial charge is 0.193 e. The van der Waals surface area contributed by atoms with Crippen molar-refractivity contribution in [1.82, 2.24) is 20.1 Å². The third-order valence-corrected chi connectivity index (χ3v) is 6.95. The van der Waals surface area contributed by atoms with Crippen LogP contribution in [0, 0.1) is 5.41 Å². The number of aromatic nitrogens is 1. The molecule has 154 valence electrons. The van der Waals surface area contributed by atoms with Crippen LogP contribution >= 0.6 is 0 Å². The van der Waals surface area contributed by atoms with Gasteiger partial charge >= 0.3 is 0 Å². The van der Waals surface area contributed by atoms with Gasteiger partial charge in [0.2, 0.25) is 0 Å². The minimum absolute atomic E-state index is 0.557. The second-order valence-corrected chi connectivity index (χ2v) is 8.95. The fourth-order valence-electron chi connectivity index (χ4n) is 5.12. The number of nitrogens with zero attached hydrogens (tertiary/aromatic N) is 5. The van der Waals surface area contributed by atoms with Crippen molar-refractivity contribution in [2.75, 3.05) is 58.3 Å². The topological polar surface area (TPSA) is 47.0 Å². The van der Waals surface area contributed by atoms with Gasteiger partial charge in [-0.25, -0.2) is 4.98 Å². The molecule has 0 atom stereocenters. The largest absolute Gasteiger partial charge is 0.354 e. The molecule has 0 unspecified atom stereocenters. The lowest BCUT2D eigenvalue weighted by Gasteiger charge is -2.34. The first-order valence-corrected chi connectivity index (χ1v) is 11.0. The molecule has 6 nitrogen and oxygen atoms in total. The zero-order chi connectivity index (χ0) is 19.4. The first kappa shape index (κ1) is 19.5. The number of likely N-dealkylation sites (tertiary alicyclic amines) is 1. The summed E-state index contributed by atoms with van der Waals surface area (Å²) >= 11 is 0. The highest BCUT2D eigenvalue weighted by Gasteiger charge is 2.39. The predicted octanol–water partition coefficient (Wildman–Crippen LogP) is 2.57. The molecular weight excluding hydrogens is 348 g/mol. The second kappa shape index (κ2) is 8.68. The van der Waals surface area contributed by atoms with Crippen LogP contribution in [0.5, 0.6) is 0 Å². The molecule has 4 rings (SSSR count). The molecule has 2 saturated heterocycles. The van der Waals surface area contributed by atoms with E-state index >= 15 is 0 Å². The minimum Gasteiger partial charge on any atom is -0.354 e. The number of nitrogens with one attached hydrogen (secondary N) is 1. The minimum atomic E-state index is 0.557. The lowest BCUT2D eigenvalue weighted by atomic mass is 9.73. The van der Waals surface area contributed by atoms with E-state index in [1.54, 1.807) is 0 Å². The fourth-order valence-corrected chi connectivity index (χ4v) is 5.12. The predicted molar refractivity (Wildman–Crippen MR) is 116 cm³/mol. The fraction of sp³-hybridized carbons (Fsp3) is 0.727. The number of likely N-dealkylation sites (N-methyl/N-ethyl adjacent to an activating group) is 1. The number of hydrogen-bond acceptors (Lipinski definition) is 4. The molecule has 3 aliphatic rings. The van der Waals surface area contributed by atoms with Crippen molar-refractivity contribution in [3.05, 3.63) is 23.9 Å². The molecule has 1 N–H and O–H groups in total. The Labute approximate surface area is 170 Å². The molecular formula is C22H36N6. The number of rotatable bonds is 3. The van der Waals surface area contributed by atoms with E-state index in [0.717, 1.165) is 51.0 Å². The number of guanidine groups is 1. The summed E-state index contributed by atoms with van der Waals surface area (Å²) in [6.45, 7) is 7.44. The van der Waals surface area contributed by atoms with Gasteiger partial charge in [-0.2, -0.15) is 0 Å². The Morgan fingerprint density at radius 1 is 1.11 bits per heavy atom. The van der Waals surface area contributed by atoms with Gasteiger partial charge in [-0.3, -0.25) is 4.99 Å². The molecule has 3 heterocycles. The monoisotopic (exact) mass is 384 g/mol. The number of pyridine rings is 1. The Morgan fingerprint density at radius 3 is 2.64 bits per heavy atom. The van der Waals surface area contributed by atoms with E-state index in [1.807, 2.05) is 13.2 Å². The van der Waals surface area contributed by atoms with E-state index in [2.05, 4.69) is 49.2 Å². The standard InChI is InChI=1S/C22H36N6/c1-23-21(28-11-9-22(18-28)7-4-3-5-8-22)25-17-19-6-10-24-20(16-19)27-14-12-26(2)13-15-27/h6,10,16H,3-5,7-9,11-15,17-18H2,1-2H3,(H,23,25). The number of piperazine rings is 1. The van der Waals surface area contributed by atoms with Gasteiger partial charge in [0.25, 0.3) is 0 Å². The zero-order valence-corrected chi connectivity index (χ0v) is 17.7. The molecule has 1 saturated carbocycles. The summed E-state index contributed by atoms with van der Waals surface area (Å²) in [4.78, 5) is 16.4. The van der Waals surface area contributed by atoms with Gasteiger partial charge in [-0.1, -0.05) is 19.3 Å². The highest BCUT2D eigenvalue weighted by molar-refractivity contribution is 5.80. The highest BCUT2D eigenvalue weighted by Crippen LogP contribution is 2.43. The Kier molecular flexibility index (Phi) is 6.04. The molecule has 1 spiro atoms. The van der Waals surface area contributed by atoms with Crippen molar-refractivity contribution in [3.8, 4) is 0 Å². The van der Waals surface area contributed by atoms with E-state index in [0.29, 0.717) is 5.41 Å². The summed E-state index contributed by atoms with van der Waals surface area (Å²) in [5, 5.41) is 3.61. The van der Waals surface area contributed by atoms with Crippen molar-refractivity contribution in [2.45, 2.75) is 45.1 Å². The van der Waals surface area contributed by atoms with Gasteiger partial charge in [0.1, 0.15) is 5.82 Å². The van der Waals surface area contributed by atoms with Crippen LogP contribution in [0.4, 0.5) is 5.82 Å². The SMILES string of the molecule is CN=C(NCc1ccnc(N2CCN(C)CC2)c1)N1CCC2(CCCCC2)C1. The Hall–Kier alpha value is -1.82. The van der Waals surface area contributed by atoms with Gasteiger partial charge < -0.3 is 20.0 Å². The van der Waals surface area contributed by atoms with E-state index in [-0.39, 0.29) is 0 Å². The second-order valence-electron chi connectivity index (χ2n) is 8.95. The summed E-state index contributed by atoms with van der Waals surface area (Å²) < 4.78 is 0. The number of anilines is 1. The third-order valence-electron chi connectivity index (χ3n) is 6.95. The zero-order valence-electron chi connectivity index (χ0n) is 17.7. The summed E-state index contributed by atoms with van der Waals surface area (Å²) in [6, 6.07) is 4.35. The third kappa shape index (κ3) is 4.43. The molecule has 0 radical (unpaired) electrons. The molecule has 6 heteroatoms. The van der Waals surface area contributed by atoms with Crippen molar-refractivity contribution in [3.63, 3.8) is 0 Å². The first-order chi connectivity index (χ1) is 13.7. The average Bonchev–Trinajstić information content (AvgIpc) is 3.13. The number of aliphatic imine (C=N–C) groups is 1. The van der Waals surface area contributed by atoms with Crippen LogP contribution in [-0.4, -0.2) is 74.1 Å². The lowest BCUT2D eigenvalue weighted by Crippen LogP contribution is -2.44. The van der Waals surface area contributed by atoms with Crippen molar-refractivity contribution < 1.29 is 0 Å². The van der Waals surface area contributed by atoms with E-state index < -0.39 is 0 Å². The van der Waals surface area contributed by atoms with Crippen LogP contribution in [-0.2, 0) is 6.54 Å². The van der Waals surface area contributed by atoms with Crippen molar-refractivity contribution >= 4 is 11.8 Å². The molecule has 3 fully saturated rings. The van der Waals surface area contributed by atoms with Crippen LogP contribution < -0.4 is 10.2 Å². The Morgan fingerprint density at radius 2 is 1.89 bits per heavy atom. The van der Waals surface area contributed by atoms with Crippen LogP contribution in [0.3, 0.4) is 0 Å². The average molecular weight is 385 g/mol. The maximum atomic E-state index is 4.61. The molecule has 0 amide bonds. The summed E-state index contributed by atoms with van der Waals surface area (Å²) in [7, 11) is 4.10. The van der Waals surface area contributed by atoms with Gasteiger partial charge in [0.15, 0.2) is 5.96 Å². The quantitative estimate of drug-likeness (QED) is 0.641. The van der Waals surface area contributed by atoms with Gasteiger partial charge in [-0.15, -0.1) is 0 Å². The van der Waals surface area contributed by atoms with Crippen LogP contribution in [0.15, 0.2) is 23.3 Å². The van der Waals surface area contributed by atoms with E-state index in [9.17, 15) is 0 Å². The summed E-state index contributed by atoms with van der Waals surface area (Å²) in [5.74, 6) is 2.16. The van der Waals surface area contributed by atoms with Gasteiger partial charge in [0.05, 0.1) is 0 Å². The molecule has 2 aliphatic heterocycles. The van der Waals surface area contributed by atoms with E-state index in [1.165, 1.54) is 50.6 Å². The molecule has 0 bridgehead atoms. The first-order valence-electron chi connectivity index (χ1n) is 11.0. The molecule has 28 heavy (non-hydrogen) atoms. The maximum absolute atomic E-state index is 4.61. The Balaban J connectivity index is 1.34. The highest BCUT2D eigenvalue weighted by atomic mass is 15.3. The van der Waals surface area contributed by atoms with Crippen LogP contribution in [0.25, 0.3) is 0 Å². The van der Waals surface area contributed by atoms with Gasteiger partial charge in [0, 0.05) is 59.1 Å². The van der Waals surface area contributed by atoms with E-state index in [4.69, 9.17) is 0 Å². The molecule has 1 aromatic heterocycles. The Bertz CT molecular complexity index is 673. The molecule has 1 aliphatic carbocycles. The van der Waals surface area contributed by atoms with Crippen LogP contribution in [0.2, 0.25) is 0 Å². The number of hydrogen-bond donors (Lipinski definition) is 1. The van der Waals surface area contributed by atoms with Crippen molar-refractivity contribution in [2.24, 2.45) is 10.4 Å². The van der Waals surface area contributed by atoms with Crippen molar-refractivity contribution in [1.29, 1.82) is 0 Å². The van der Waals surface area contributed by atoms with Gasteiger partial charge in [-0.05, 0) is 49.4 Å². The molecule has 0 aromatic carbocycles. The maximum Gasteiger partial charge on any atom is 0.193 e.